The average Bonchev–Trinajstić information content (AvgIpc) is 3.06. The van der Waals surface area contributed by atoms with Crippen molar-refractivity contribution in [1.82, 2.24) is 24.2 Å². The number of H-pyrrole nitrogens is 1. The number of aromatic amines is 1. The molecule has 1 aliphatic rings. The number of sulfonamides is 1. The van der Waals surface area contributed by atoms with Crippen molar-refractivity contribution in [2.45, 2.75) is 52.0 Å². The van der Waals surface area contributed by atoms with Crippen LogP contribution in [-0.4, -0.2) is 52.6 Å². The van der Waals surface area contributed by atoms with E-state index in [1.807, 2.05) is 26.8 Å². The average molecular weight is 424 g/mol. The van der Waals surface area contributed by atoms with Crippen LogP contribution in [0.3, 0.4) is 0 Å². The summed E-state index contributed by atoms with van der Waals surface area (Å²) in [5.41, 5.74) is 1.52. The number of amides is 1. The molecule has 9 nitrogen and oxygen atoms in total. The molecular weight excluding hydrogens is 394 g/mol. The smallest absolute Gasteiger partial charge is 0.272 e. The van der Waals surface area contributed by atoms with Gasteiger partial charge >= 0.3 is 0 Å². The quantitative estimate of drug-likeness (QED) is 0.766. The zero-order chi connectivity index (χ0) is 21.6. The van der Waals surface area contributed by atoms with Gasteiger partial charge in [-0.15, -0.1) is 0 Å². The van der Waals surface area contributed by atoms with Crippen LogP contribution in [0.25, 0.3) is 5.65 Å². The molecule has 2 N–H and O–H groups in total. The van der Waals surface area contributed by atoms with Crippen LogP contribution in [0, 0.1) is 5.92 Å². The maximum absolute atomic E-state index is 12.6. The van der Waals surface area contributed by atoms with E-state index in [-0.39, 0.29) is 22.8 Å². The summed E-state index contributed by atoms with van der Waals surface area (Å²) in [5.74, 6) is -0.392. The first-order valence-electron chi connectivity index (χ1n) is 9.75. The molecule has 0 saturated carbocycles. The molecule has 0 spiro atoms. The Bertz CT molecular complexity index is 1070. The van der Waals surface area contributed by atoms with Crippen molar-refractivity contribution < 1.29 is 13.2 Å². The lowest BCUT2D eigenvalue weighted by Crippen LogP contribution is -2.43. The van der Waals surface area contributed by atoms with Crippen LogP contribution in [0.15, 0.2) is 16.9 Å². The Kier molecular flexibility index (Phi) is 5.61. The van der Waals surface area contributed by atoms with Gasteiger partial charge in [0.25, 0.3) is 5.56 Å². The minimum atomic E-state index is -3.22. The molecule has 1 saturated heterocycles. The van der Waals surface area contributed by atoms with Crippen molar-refractivity contribution >= 4 is 21.6 Å². The zero-order valence-electron chi connectivity index (χ0n) is 17.5. The summed E-state index contributed by atoms with van der Waals surface area (Å²) in [4.78, 5) is 29.6. The van der Waals surface area contributed by atoms with Crippen LogP contribution in [0.5, 0.6) is 0 Å². The topological polar surface area (TPSA) is 117 Å². The van der Waals surface area contributed by atoms with Crippen molar-refractivity contribution in [2.75, 3.05) is 19.3 Å². The maximum Gasteiger partial charge on any atom is 0.272 e. The third kappa shape index (κ3) is 4.69. The summed E-state index contributed by atoms with van der Waals surface area (Å²) in [7, 11) is -3.22. The van der Waals surface area contributed by atoms with Gasteiger partial charge in [-0.2, -0.15) is 0 Å². The number of hydrogen-bond acceptors (Lipinski definition) is 5. The fourth-order valence-electron chi connectivity index (χ4n) is 3.47. The van der Waals surface area contributed by atoms with Crippen molar-refractivity contribution in [3.63, 3.8) is 0 Å². The second-order valence-electron chi connectivity index (χ2n) is 8.80. The highest BCUT2D eigenvalue weighted by molar-refractivity contribution is 7.88. The first-order valence-corrected chi connectivity index (χ1v) is 11.6. The molecule has 10 heteroatoms. The van der Waals surface area contributed by atoms with Gasteiger partial charge in [-0.25, -0.2) is 22.2 Å². The summed E-state index contributed by atoms with van der Waals surface area (Å²) >= 11 is 0. The van der Waals surface area contributed by atoms with Crippen molar-refractivity contribution in [3.8, 4) is 0 Å². The standard InChI is InChI=1S/C19H29N5O4S/c1-12(20-18(26)13-6-8-23(9-7-13)29(5,27)28)14-10-17(25)24-16(21-14)11-15(22-24)19(2,3)4/h10-13,22H,6-9H2,1-5H3,(H,20,26)/t12-/m1/s1. The molecule has 0 bridgehead atoms. The van der Waals surface area contributed by atoms with Crippen molar-refractivity contribution in [3.05, 3.63) is 33.9 Å². The van der Waals surface area contributed by atoms with E-state index in [1.165, 1.54) is 21.1 Å². The monoisotopic (exact) mass is 423 g/mol. The molecule has 1 fully saturated rings. The second kappa shape index (κ2) is 7.56. The molecule has 3 rings (SSSR count). The molecule has 160 valence electrons. The van der Waals surface area contributed by atoms with Gasteiger partial charge in [-0.1, -0.05) is 20.8 Å². The number of aromatic nitrogens is 3. The fraction of sp³-hybridized carbons (Fsp3) is 0.632. The van der Waals surface area contributed by atoms with Gasteiger partial charge in [0.2, 0.25) is 15.9 Å². The number of nitrogens with zero attached hydrogens (tertiary/aromatic N) is 3. The van der Waals surface area contributed by atoms with Crippen LogP contribution in [0.1, 0.15) is 58.0 Å². The van der Waals surface area contributed by atoms with E-state index in [2.05, 4.69) is 15.4 Å². The normalized spacial score (nSPS) is 18.1. The van der Waals surface area contributed by atoms with Crippen LogP contribution in [-0.2, 0) is 20.2 Å². The van der Waals surface area contributed by atoms with Crippen molar-refractivity contribution in [1.29, 1.82) is 0 Å². The first-order chi connectivity index (χ1) is 13.4. The maximum atomic E-state index is 12.6. The Balaban J connectivity index is 1.72. The molecular formula is C19H29N5O4S. The highest BCUT2D eigenvalue weighted by Crippen LogP contribution is 2.22. The Hall–Kier alpha value is -2.20. The molecule has 2 aromatic heterocycles. The Labute approximate surface area is 170 Å². The lowest BCUT2D eigenvalue weighted by molar-refractivity contribution is -0.126. The largest absolute Gasteiger partial charge is 0.348 e. The van der Waals surface area contributed by atoms with Gasteiger partial charge in [0.05, 0.1) is 18.0 Å². The molecule has 0 aromatic carbocycles. The number of rotatable bonds is 4. The number of fused-ring (bicyclic) bond motifs is 1. The molecule has 3 heterocycles. The van der Waals surface area contributed by atoms with Gasteiger partial charge in [-0.05, 0) is 19.8 Å². The molecule has 1 atom stereocenters. The van der Waals surface area contributed by atoms with E-state index in [0.717, 1.165) is 5.69 Å². The van der Waals surface area contributed by atoms with Gasteiger partial charge in [0, 0.05) is 42.2 Å². The third-order valence-electron chi connectivity index (χ3n) is 5.37. The highest BCUT2D eigenvalue weighted by Gasteiger charge is 2.30. The SMILES string of the molecule is C[C@@H](NC(=O)C1CCN(S(C)(=O)=O)CC1)c1cc(=O)n2[nH]c(C(C)(C)C)cc2n1. The summed E-state index contributed by atoms with van der Waals surface area (Å²) in [6.07, 6.45) is 2.14. The van der Waals surface area contributed by atoms with E-state index in [4.69, 9.17) is 0 Å². The van der Waals surface area contributed by atoms with E-state index in [1.54, 1.807) is 6.92 Å². The molecule has 0 aliphatic carbocycles. The summed E-state index contributed by atoms with van der Waals surface area (Å²) in [6.45, 7) is 8.61. The van der Waals surface area contributed by atoms with Crippen LogP contribution >= 0.6 is 0 Å². The van der Waals surface area contributed by atoms with Crippen LogP contribution in [0.2, 0.25) is 0 Å². The van der Waals surface area contributed by atoms with Crippen LogP contribution in [0.4, 0.5) is 0 Å². The summed E-state index contributed by atoms with van der Waals surface area (Å²) < 4.78 is 26.0. The highest BCUT2D eigenvalue weighted by atomic mass is 32.2. The predicted molar refractivity (Wildman–Crippen MR) is 110 cm³/mol. The molecule has 29 heavy (non-hydrogen) atoms. The first kappa shape index (κ1) is 21.5. The molecule has 0 unspecified atom stereocenters. The number of nitrogens with one attached hydrogen (secondary N) is 2. The Morgan fingerprint density at radius 2 is 1.90 bits per heavy atom. The Morgan fingerprint density at radius 3 is 2.45 bits per heavy atom. The molecule has 0 radical (unpaired) electrons. The minimum absolute atomic E-state index is 0.142. The van der Waals surface area contributed by atoms with Gasteiger partial charge < -0.3 is 5.32 Å². The molecule has 1 amide bonds. The Morgan fingerprint density at radius 1 is 1.28 bits per heavy atom. The van der Waals surface area contributed by atoms with E-state index < -0.39 is 16.1 Å². The minimum Gasteiger partial charge on any atom is -0.348 e. The fourth-order valence-corrected chi connectivity index (χ4v) is 4.34. The van der Waals surface area contributed by atoms with Gasteiger partial charge in [0.1, 0.15) is 0 Å². The van der Waals surface area contributed by atoms with Crippen LogP contribution < -0.4 is 10.9 Å². The number of hydrogen-bond donors (Lipinski definition) is 2. The number of piperidine rings is 1. The lowest BCUT2D eigenvalue weighted by Gasteiger charge is -2.30. The van der Waals surface area contributed by atoms with E-state index >= 15 is 0 Å². The number of carbonyl (C=O) groups excluding carboxylic acids is 1. The second-order valence-corrected chi connectivity index (χ2v) is 10.8. The molecule has 2 aromatic rings. The van der Waals surface area contributed by atoms with Gasteiger partial charge in [0.15, 0.2) is 5.65 Å². The third-order valence-corrected chi connectivity index (χ3v) is 6.68. The lowest BCUT2D eigenvalue weighted by atomic mass is 9.93. The number of carbonyl (C=O) groups is 1. The van der Waals surface area contributed by atoms with Gasteiger partial charge in [-0.3, -0.25) is 14.7 Å². The van der Waals surface area contributed by atoms with E-state index in [9.17, 15) is 18.0 Å². The summed E-state index contributed by atoms with van der Waals surface area (Å²) in [6, 6.07) is 2.84. The van der Waals surface area contributed by atoms with E-state index in [0.29, 0.717) is 37.3 Å². The van der Waals surface area contributed by atoms with Crippen molar-refractivity contribution in [2.24, 2.45) is 5.92 Å². The molecule has 1 aliphatic heterocycles. The zero-order valence-corrected chi connectivity index (χ0v) is 18.3. The summed E-state index contributed by atoms with van der Waals surface area (Å²) in [5, 5.41) is 6.00. The predicted octanol–water partition coefficient (Wildman–Crippen LogP) is 1.17.